The number of anilines is 1. The van der Waals surface area contributed by atoms with E-state index in [9.17, 15) is 0 Å². The topological polar surface area (TPSA) is 30.3 Å². The third-order valence-corrected chi connectivity index (χ3v) is 3.07. The summed E-state index contributed by atoms with van der Waals surface area (Å²) in [6, 6.07) is 10.9. The number of hydrogen-bond acceptors (Lipinski definition) is 3. The minimum Gasteiger partial charge on any atom is -0.369 e. The Bertz CT molecular complexity index is 369. The van der Waals surface area contributed by atoms with Gasteiger partial charge in [-0.05, 0) is 19.1 Å². The van der Waals surface area contributed by atoms with Crippen LogP contribution in [-0.2, 0) is 0 Å². The number of piperazine rings is 1. The van der Waals surface area contributed by atoms with Crippen molar-refractivity contribution in [1.82, 2.24) is 4.90 Å². The molecule has 0 aromatic heterocycles. The predicted octanol–water partition coefficient (Wildman–Crippen LogP) is 1.64. The SMILES string of the molecule is Cc1ccc(N2CCN(CC#N)CC2)cc1. The number of benzene rings is 1. The van der Waals surface area contributed by atoms with E-state index in [1.165, 1.54) is 11.3 Å². The van der Waals surface area contributed by atoms with Gasteiger partial charge in [0.05, 0.1) is 12.6 Å². The van der Waals surface area contributed by atoms with Crippen molar-refractivity contribution in [3.8, 4) is 6.07 Å². The van der Waals surface area contributed by atoms with Crippen LogP contribution in [0.2, 0.25) is 0 Å². The van der Waals surface area contributed by atoms with Gasteiger partial charge in [0.15, 0.2) is 0 Å². The Morgan fingerprint density at radius 3 is 2.31 bits per heavy atom. The van der Waals surface area contributed by atoms with Crippen LogP contribution < -0.4 is 4.90 Å². The summed E-state index contributed by atoms with van der Waals surface area (Å²) in [7, 11) is 0. The van der Waals surface area contributed by atoms with Crippen LogP contribution in [0.1, 0.15) is 5.56 Å². The molecule has 1 fully saturated rings. The van der Waals surface area contributed by atoms with Crippen molar-refractivity contribution in [1.29, 1.82) is 5.26 Å². The van der Waals surface area contributed by atoms with Crippen LogP contribution >= 0.6 is 0 Å². The maximum absolute atomic E-state index is 8.63. The fourth-order valence-electron chi connectivity index (χ4n) is 2.02. The van der Waals surface area contributed by atoms with Crippen molar-refractivity contribution < 1.29 is 0 Å². The standard InChI is InChI=1S/C13H17N3/c1-12-2-4-13(5-3-12)16-10-8-15(7-6-14)9-11-16/h2-5H,7-11H2,1H3. The average molecular weight is 215 g/mol. The van der Waals surface area contributed by atoms with Gasteiger partial charge in [-0.3, -0.25) is 4.90 Å². The van der Waals surface area contributed by atoms with Crippen LogP contribution in [-0.4, -0.2) is 37.6 Å². The molecule has 1 aromatic carbocycles. The number of rotatable bonds is 2. The third-order valence-electron chi connectivity index (χ3n) is 3.07. The van der Waals surface area contributed by atoms with Gasteiger partial charge >= 0.3 is 0 Å². The summed E-state index contributed by atoms with van der Waals surface area (Å²) in [6.45, 7) is 6.68. The van der Waals surface area contributed by atoms with Crippen LogP contribution in [0.15, 0.2) is 24.3 Å². The smallest absolute Gasteiger partial charge is 0.0867 e. The summed E-state index contributed by atoms with van der Waals surface area (Å²) in [6.07, 6.45) is 0. The lowest BCUT2D eigenvalue weighted by molar-refractivity contribution is 0.287. The summed E-state index contributed by atoms with van der Waals surface area (Å²) >= 11 is 0. The zero-order chi connectivity index (χ0) is 11.4. The van der Waals surface area contributed by atoms with Gasteiger partial charge in [-0.25, -0.2) is 0 Å². The molecular formula is C13H17N3. The number of nitrogens with zero attached hydrogens (tertiary/aromatic N) is 3. The van der Waals surface area contributed by atoms with Gasteiger partial charge in [-0.2, -0.15) is 5.26 Å². The Kier molecular flexibility index (Phi) is 3.43. The van der Waals surface area contributed by atoms with E-state index in [0.717, 1.165) is 26.2 Å². The van der Waals surface area contributed by atoms with E-state index >= 15 is 0 Å². The average Bonchev–Trinajstić information content (AvgIpc) is 2.32. The molecule has 1 aliphatic rings. The first-order valence-corrected chi connectivity index (χ1v) is 5.70. The summed E-state index contributed by atoms with van der Waals surface area (Å²) in [5.41, 5.74) is 2.59. The molecule has 0 unspecified atom stereocenters. The molecule has 0 radical (unpaired) electrons. The van der Waals surface area contributed by atoms with Crippen LogP contribution in [0.5, 0.6) is 0 Å². The molecule has 0 aliphatic carbocycles. The van der Waals surface area contributed by atoms with E-state index in [1.807, 2.05) is 0 Å². The minimum atomic E-state index is 0.557. The fraction of sp³-hybridized carbons (Fsp3) is 0.462. The highest BCUT2D eigenvalue weighted by Gasteiger charge is 2.16. The van der Waals surface area contributed by atoms with Gasteiger partial charge in [0.1, 0.15) is 0 Å². The van der Waals surface area contributed by atoms with Crippen molar-refractivity contribution in [2.75, 3.05) is 37.6 Å². The van der Waals surface area contributed by atoms with Crippen LogP contribution in [0.3, 0.4) is 0 Å². The largest absolute Gasteiger partial charge is 0.369 e. The van der Waals surface area contributed by atoms with Gasteiger partial charge in [0.25, 0.3) is 0 Å². The lowest BCUT2D eigenvalue weighted by atomic mass is 10.2. The molecule has 1 saturated heterocycles. The molecule has 16 heavy (non-hydrogen) atoms. The first kappa shape index (κ1) is 11.0. The Balaban J connectivity index is 1.94. The molecule has 1 heterocycles. The third kappa shape index (κ3) is 2.53. The van der Waals surface area contributed by atoms with Crippen molar-refractivity contribution >= 4 is 5.69 Å². The number of hydrogen-bond donors (Lipinski definition) is 0. The van der Waals surface area contributed by atoms with Crippen molar-refractivity contribution in [3.63, 3.8) is 0 Å². The quantitative estimate of drug-likeness (QED) is 0.703. The van der Waals surface area contributed by atoms with Crippen LogP contribution in [0.25, 0.3) is 0 Å². The summed E-state index contributed by atoms with van der Waals surface area (Å²) in [4.78, 5) is 4.58. The zero-order valence-electron chi connectivity index (χ0n) is 9.69. The van der Waals surface area contributed by atoms with Gasteiger partial charge in [-0.15, -0.1) is 0 Å². The number of aryl methyl sites for hydroxylation is 1. The van der Waals surface area contributed by atoms with Gasteiger partial charge in [0, 0.05) is 31.9 Å². The molecule has 0 amide bonds. The molecule has 3 nitrogen and oxygen atoms in total. The first-order chi connectivity index (χ1) is 7.79. The highest BCUT2D eigenvalue weighted by molar-refractivity contribution is 5.47. The monoisotopic (exact) mass is 215 g/mol. The Labute approximate surface area is 96.9 Å². The molecule has 0 bridgehead atoms. The van der Waals surface area contributed by atoms with Gasteiger partial charge in [0.2, 0.25) is 0 Å². The summed E-state index contributed by atoms with van der Waals surface area (Å²) in [5.74, 6) is 0. The Morgan fingerprint density at radius 2 is 1.75 bits per heavy atom. The summed E-state index contributed by atoms with van der Waals surface area (Å²) in [5, 5.41) is 8.63. The second kappa shape index (κ2) is 5.00. The van der Waals surface area contributed by atoms with Crippen molar-refractivity contribution in [3.05, 3.63) is 29.8 Å². The van der Waals surface area contributed by atoms with Gasteiger partial charge in [-0.1, -0.05) is 17.7 Å². The molecule has 0 N–H and O–H groups in total. The lowest BCUT2D eigenvalue weighted by Crippen LogP contribution is -2.46. The molecule has 1 aliphatic heterocycles. The fourth-order valence-corrected chi connectivity index (χ4v) is 2.02. The zero-order valence-corrected chi connectivity index (χ0v) is 9.69. The minimum absolute atomic E-state index is 0.557. The highest BCUT2D eigenvalue weighted by atomic mass is 15.3. The van der Waals surface area contributed by atoms with E-state index in [4.69, 9.17) is 5.26 Å². The number of nitriles is 1. The normalized spacial score (nSPS) is 17.1. The molecule has 2 rings (SSSR count). The molecule has 84 valence electrons. The molecule has 3 heteroatoms. The predicted molar refractivity (Wildman–Crippen MR) is 65.4 cm³/mol. The Morgan fingerprint density at radius 1 is 1.12 bits per heavy atom. The van der Waals surface area contributed by atoms with E-state index < -0.39 is 0 Å². The molecule has 0 atom stereocenters. The van der Waals surface area contributed by atoms with Crippen LogP contribution in [0, 0.1) is 18.3 Å². The molecule has 0 saturated carbocycles. The van der Waals surface area contributed by atoms with Gasteiger partial charge < -0.3 is 4.90 Å². The maximum atomic E-state index is 8.63. The second-order valence-electron chi connectivity index (χ2n) is 4.26. The lowest BCUT2D eigenvalue weighted by Gasteiger charge is -2.34. The van der Waals surface area contributed by atoms with E-state index in [0.29, 0.717) is 6.54 Å². The van der Waals surface area contributed by atoms with E-state index in [-0.39, 0.29) is 0 Å². The van der Waals surface area contributed by atoms with Crippen molar-refractivity contribution in [2.45, 2.75) is 6.92 Å². The van der Waals surface area contributed by atoms with Crippen LogP contribution in [0.4, 0.5) is 5.69 Å². The summed E-state index contributed by atoms with van der Waals surface area (Å²) < 4.78 is 0. The molecule has 1 aromatic rings. The van der Waals surface area contributed by atoms with E-state index in [1.54, 1.807) is 0 Å². The highest BCUT2D eigenvalue weighted by Crippen LogP contribution is 2.16. The molecule has 0 spiro atoms. The molecular weight excluding hydrogens is 198 g/mol. The van der Waals surface area contributed by atoms with Crippen molar-refractivity contribution in [2.24, 2.45) is 0 Å². The Hall–Kier alpha value is -1.53. The first-order valence-electron chi connectivity index (χ1n) is 5.70. The second-order valence-corrected chi connectivity index (χ2v) is 4.26. The maximum Gasteiger partial charge on any atom is 0.0867 e. The van der Waals surface area contributed by atoms with E-state index in [2.05, 4.69) is 47.1 Å².